The quantitative estimate of drug-likeness (QED) is 0.0970. The first-order valence-electron chi connectivity index (χ1n) is 20.9. The van der Waals surface area contributed by atoms with E-state index in [0.29, 0.717) is 23.9 Å². The fourth-order valence-corrected chi connectivity index (χ4v) is 9.35. The fourth-order valence-electron chi connectivity index (χ4n) is 9.35. The summed E-state index contributed by atoms with van der Waals surface area (Å²) in [5.41, 5.74) is 6.62. The largest absolute Gasteiger partial charge is 0.453 e. The summed E-state index contributed by atoms with van der Waals surface area (Å²) in [5, 5.41) is 10.2. The van der Waals surface area contributed by atoms with Gasteiger partial charge in [-0.25, -0.2) is 14.8 Å². The summed E-state index contributed by atoms with van der Waals surface area (Å²) in [6.07, 6.45) is 5.21. The Balaban J connectivity index is 0.939. The maximum atomic E-state index is 14.0. The third-order valence-electron chi connectivity index (χ3n) is 12.5. The summed E-state index contributed by atoms with van der Waals surface area (Å²) in [6, 6.07) is 32.0. The highest BCUT2D eigenvalue weighted by atomic mass is 16.5. The standard InChI is InChI=1S/C48H50N8O4/c1-5-21-55(47(58)42(54-48(59)60-4)29-9-7-6-8-10-29)27-41-51-39-20-17-34-23-33(16-19-38(34)43(39)53-41)30-11-12-32-24-35(14-13-31(32)22-30)40-26-50-45(52-40)44-36-15-18-37(25-36)56(44)46(57)28(2)49-3/h6-14,16-17,19-20,22-24,26,28,36-37,42,44,49H,5,15,18,21,25,27H2,1-4H3,(H,50,52)(H,51,53)(H,54,59). The van der Waals surface area contributed by atoms with E-state index in [9.17, 15) is 14.4 Å². The predicted molar refractivity (Wildman–Crippen MR) is 234 cm³/mol. The van der Waals surface area contributed by atoms with Crippen LogP contribution in [0.1, 0.15) is 68.8 Å². The van der Waals surface area contributed by atoms with Crippen molar-refractivity contribution in [2.45, 2.75) is 70.2 Å². The highest BCUT2D eigenvalue weighted by Crippen LogP contribution is 2.50. The molecule has 2 fully saturated rings. The molecule has 60 heavy (non-hydrogen) atoms. The van der Waals surface area contributed by atoms with Crippen molar-refractivity contribution in [3.05, 3.63) is 120 Å². The van der Waals surface area contributed by atoms with E-state index >= 15 is 0 Å². The molecule has 0 spiro atoms. The molecule has 5 unspecified atom stereocenters. The molecule has 2 bridgehead atoms. The molecule has 2 aliphatic rings. The zero-order valence-corrected chi connectivity index (χ0v) is 34.4. The van der Waals surface area contributed by atoms with Crippen LogP contribution in [-0.2, 0) is 20.9 Å². The lowest BCUT2D eigenvalue weighted by Gasteiger charge is -2.35. The number of aromatic amines is 2. The molecule has 5 aromatic carbocycles. The van der Waals surface area contributed by atoms with E-state index < -0.39 is 12.1 Å². The highest BCUT2D eigenvalue weighted by Gasteiger charge is 2.50. The smallest absolute Gasteiger partial charge is 0.407 e. The Morgan fingerprint density at radius 3 is 2.37 bits per heavy atom. The molecule has 1 aliphatic heterocycles. The molecule has 12 heteroatoms. The van der Waals surface area contributed by atoms with E-state index in [-0.39, 0.29) is 36.5 Å². The van der Waals surface area contributed by atoms with Crippen LogP contribution in [0.5, 0.6) is 0 Å². The van der Waals surface area contributed by atoms with E-state index in [2.05, 4.69) is 86.2 Å². The molecule has 5 atom stereocenters. The van der Waals surface area contributed by atoms with Gasteiger partial charge in [0.25, 0.3) is 0 Å². The summed E-state index contributed by atoms with van der Waals surface area (Å²) in [7, 11) is 3.12. The van der Waals surface area contributed by atoms with Crippen molar-refractivity contribution in [1.29, 1.82) is 0 Å². The minimum absolute atomic E-state index is 0.0137. The SMILES string of the molecule is CCCN(Cc1nc2c(ccc3cc(-c4ccc5cc(-c6cnc(C7C8CCC(C8)N7C(=O)C(C)NC)[nH]6)ccc5c4)ccc32)[nH]1)C(=O)C(NC(=O)OC)c1ccccc1. The number of likely N-dealkylation sites (N-methyl/N-ethyl adjacent to an activating group) is 1. The van der Waals surface area contributed by atoms with Crippen molar-refractivity contribution >= 4 is 50.5 Å². The number of hydrogen-bond donors (Lipinski definition) is 4. The lowest BCUT2D eigenvalue weighted by molar-refractivity contribution is -0.137. The van der Waals surface area contributed by atoms with Crippen LogP contribution in [0.4, 0.5) is 4.79 Å². The topological polar surface area (TPSA) is 148 Å². The van der Waals surface area contributed by atoms with Gasteiger partial charge in [-0.15, -0.1) is 0 Å². The van der Waals surface area contributed by atoms with Crippen LogP contribution in [0.15, 0.2) is 103 Å². The number of ether oxygens (including phenoxy) is 1. The fraction of sp³-hybridized carbons (Fsp3) is 0.312. The van der Waals surface area contributed by atoms with Crippen LogP contribution >= 0.6 is 0 Å². The molecule has 2 aromatic heterocycles. The van der Waals surface area contributed by atoms with E-state index in [0.717, 1.165) is 86.5 Å². The van der Waals surface area contributed by atoms with Crippen LogP contribution < -0.4 is 10.6 Å². The number of aromatic nitrogens is 4. The van der Waals surface area contributed by atoms with Gasteiger partial charge in [0, 0.05) is 23.5 Å². The number of piperidine rings is 1. The Bertz CT molecular complexity index is 2730. The minimum Gasteiger partial charge on any atom is -0.453 e. The number of nitrogens with one attached hydrogen (secondary N) is 4. The third-order valence-corrected chi connectivity index (χ3v) is 12.5. The highest BCUT2D eigenvalue weighted by molar-refractivity contribution is 6.05. The first-order chi connectivity index (χ1) is 29.2. The molecule has 12 nitrogen and oxygen atoms in total. The molecular weight excluding hydrogens is 753 g/mol. The number of imidazole rings is 2. The molecule has 9 rings (SSSR count). The minimum atomic E-state index is -0.898. The molecule has 1 aliphatic carbocycles. The number of fused-ring (bicyclic) bond motifs is 6. The number of rotatable bonds is 12. The lowest BCUT2D eigenvalue weighted by Crippen LogP contribution is -2.48. The Kier molecular flexibility index (Phi) is 10.6. The van der Waals surface area contributed by atoms with Gasteiger partial charge in [0.2, 0.25) is 11.8 Å². The van der Waals surface area contributed by atoms with E-state index in [4.69, 9.17) is 14.7 Å². The van der Waals surface area contributed by atoms with Crippen LogP contribution in [0.25, 0.3) is 55.0 Å². The number of methoxy groups -OCH3 is 1. The molecule has 3 heterocycles. The van der Waals surface area contributed by atoms with Gasteiger partial charge < -0.3 is 35.1 Å². The number of H-pyrrole nitrogens is 2. The van der Waals surface area contributed by atoms with Gasteiger partial charge in [-0.05, 0) is 103 Å². The van der Waals surface area contributed by atoms with E-state index in [1.807, 2.05) is 63.5 Å². The van der Waals surface area contributed by atoms with E-state index in [1.165, 1.54) is 7.11 Å². The normalized spacial score (nSPS) is 18.3. The van der Waals surface area contributed by atoms with Crippen molar-refractivity contribution in [3.8, 4) is 22.4 Å². The predicted octanol–water partition coefficient (Wildman–Crippen LogP) is 8.42. The number of likely N-dealkylation sites (tertiary alicyclic amines) is 1. The average molecular weight is 803 g/mol. The number of alkyl carbamates (subject to hydrolysis) is 1. The van der Waals surface area contributed by atoms with Gasteiger partial charge in [0.1, 0.15) is 17.7 Å². The maximum absolute atomic E-state index is 14.0. The number of amides is 3. The second-order valence-corrected chi connectivity index (χ2v) is 16.2. The van der Waals surface area contributed by atoms with Crippen LogP contribution in [0, 0.1) is 5.92 Å². The van der Waals surface area contributed by atoms with Crippen molar-refractivity contribution in [3.63, 3.8) is 0 Å². The first kappa shape index (κ1) is 39.0. The molecule has 306 valence electrons. The third kappa shape index (κ3) is 7.25. The summed E-state index contributed by atoms with van der Waals surface area (Å²) >= 11 is 0. The van der Waals surface area contributed by atoms with Gasteiger partial charge in [-0.1, -0.05) is 79.7 Å². The van der Waals surface area contributed by atoms with Crippen molar-refractivity contribution in [2.75, 3.05) is 20.7 Å². The number of hydrogen-bond acceptors (Lipinski definition) is 7. The van der Waals surface area contributed by atoms with E-state index in [1.54, 1.807) is 4.90 Å². The van der Waals surface area contributed by atoms with Gasteiger partial charge in [-0.2, -0.15) is 0 Å². The Morgan fingerprint density at radius 1 is 0.900 bits per heavy atom. The first-order valence-corrected chi connectivity index (χ1v) is 20.9. The van der Waals surface area contributed by atoms with Crippen LogP contribution in [0.2, 0.25) is 0 Å². The zero-order valence-electron chi connectivity index (χ0n) is 34.4. The number of carbonyl (C=O) groups is 3. The average Bonchev–Trinajstić information content (AvgIpc) is 4.12. The number of benzene rings is 5. The van der Waals surface area contributed by atoms with Gasteiger partial charge in [0.15, 0.2) is 0 Å². The summed E-state index contributed by atoms with van der Waals surface area (Å²) in [5.74, 6) is 1.88. The summed E-state index contributed by atoms with van der Waals surface area (Å²) < 4.78 is 4.85. The maximum Gasteiger partial charge on any atom is 0.407 e. The van der Waals surface area contributed by atoms with Crippen LogP contribution in [-0.4, -0.2) is 80.4 Å². The second kappa shape index (κ2) is 16.3. The van der Waals surface area contributed by atoms with Crippen molar-refractivity contribution < 1.29 is 19.1 Å². The number of nitrogens with zero attached hydrogens (tertiary/aromatic N) is 4. The van der Waals surface area contributed by atoms with Gasteiger partial charge in [0.05, 0.1) is 48.7 Å². The molecule has 0 radical (unpaired) electrons. The lowest BCUT2D eigenvalue weighted by atomic mass is 9.97. The summed E-state index contributed by atoms with van der Waals surface area (Å²) in [6.45, 7) is 4.69. The molecule has 3 amide bonds. The molecule has 1 saturated carbocycles. The van der Waals surface area contributed by atoms with Crippen LogP contribution in [0.3, 0.4) is 0 Å². The van der Waals surface area contributed by atoms with Crippen molar-refractivity contribution in [2.24, 2.45) is 5.92 Å². The summed E-state index contributed by atoms with van der Waals surface area (Å²) in [4.78, 5) is 60.3. The molecular formula is C48H50N8O4. The Hall–Kier alpha value is -6.53. The second-order valence-electron chi connectivity index (χ2n) is 16.2. The van der Waals surface area contributed by atoms with Gasteiger partial charge in [-0.3, -0.25) is 9.59 Å². The molecule has 7 aromatic rings. The zero-order chi connectivity index (χ0) is 41.5. The molecule has 1 saturated heterocycles. The monoisotopic (exact) mass is 802 g/mol. The Morgan fingerprint density at radius 2 is 1.62 bits per heavy atom. The number of carbonyl (C=O) groups excluding carboxylic acids is 3. The molecule has 4 N–H and O–H groups in total. The van der Waals surface area contributed by atoms with Gasteiger partial charge >= 0.3 is 6.09 Å². The Labute approximate surface area is 348 Å². The van der Waals surface area contributed by atoms with Crippen molar-refractivity contribution in [1.82, 2.24) is 40.4 Å².